The zero-order valence-electron chi connectivity index (χ0n) is 14.1. The maximum Gasteiger partial charge on any atom is 0.293 e. The molecule has 3 heterocycles. The van der Waals surface area contributed by atoms with Gasteiger partial charge >= 0.3 is 0 Å². The van der Waals surface area contributed by atoms with Crippen molar-refractivity contribution in [1.82, 2.24) is 0 Å². The van der Waals surface area contributed by atoms with Gasteiger partial charge in [-0.1, -0.05) is 12.1 Å². The van der Waals surface area contributed by atoms with Gasteiger partial charge in [-0.25, -0.2) is 0 Å². The number of amides is 2. The van der Waals surface area contributed by atoms with Gasteiger partial charge in [0.2, 0.25) is 5.91 Å². The van der Waals surface area contributed by atoms with Crippen molar-refractivity contribution >= 4 is 34.5 Å². The Balaban J connectivity index is 1.45. The second kappa shape index (κ2) is 7.17. The number of hydrogen-bond acceptors (Lipinski definition) is 4. The Hall–Kier alpha value is -2.86. The van der Waals surface area contributed by atoms with Crippen LogP contribution in [0.1, 0.15) is 27.4 Å². The lowest BCUT2D eigenvalue weighted by molar-refractivity contribution is -0.116. The first kappa shape index (κ1) is 16.6. The van der Waals surface area contributed by atoms with E-state index in [1.165, 1.54) is 11.1 Å². The van der Waals surface area contributed by atoms with Crippen molar-refractivity contribution in [2.24, 2.45) is 0 Å². The van der Waals surface area contributed by atoms with Gasteiger partial charge in [-0.05, 0) is 54.1 Å². The van der Waals surface area contributed by atoms with E-state index in [1.807, 2.05) is 35.7 Å². The van der Waals surface area contributed by atoms with Gasteiger partial charge in [-0.15, -0.1) is 11.3 Å². The molecule has 0 saturated heterocycles. The lowest BCUT2D eigenvalue weighted by atomic mass is 10.1. The second-order valence-corrected chi connectivity index (χ2v) is 7.19. The highest BCUT2D eigenvalue weighted by molar-refractivity contribution is 7.09. The average Bonchev–Trinajstić information content (AvgIpc) is 3.40. The third-order valence-electron chi connectivity index (χ3n) is 4.42. The Morgan fingerprint density at radius 1 is 1.19 bits per heavy atom. The molecule has 5 nitrogen and oxygen atoms in total. The van der Waals surface area contributed by atoms with E-state index >= 15 is 0 Å². The summed E-state index contributed by atoms with van der Waals surface area (Å²) in [4.78, 5) is 27.7. The number of furan rings is 1. The Kier molecular flexibility index (Phi) is 4.58. The van der Waals surface area contributed by atoms with Gasteiger partial charge in [0.1, 0.15) is 0 Å². The third kappa shape index (κ3) is 3.41. The molecule has 1 aliphatic rings. The summed E-state index contributed by atoms with van der Waals surface area (Å²) in [5.41, 5.74) is 2.64. The molecule has 0 fully saturated rings. The molecule has 0 bridgehead atoms. The number of thiophene rings is 1. The number of hydrogen-bond donors (Lipinski definition) is 1. The van der Waals surface area contributed by atoms with Crippen LogP contribution in [-0.2, 0) is 17.6 Å². The second-order valence-electron chi connectivity index (χ2n) is 6.16. The van der Waals surface area contributed by atoms with Crippen molar-refractivity contribution in [3.8, 4) is 0 Å². The first-order valence-corrected chi connectivity index (χ1v) is 9.39. The number of fused-ring (bicyclic) bond motifs is 1. The van der Waals surface area contributed by atoms with Crippen LogP contribution in [0.4, 0.5) is 11.4 Å². The smallest absolute Gasteiger partial charge is 0.293 e. The molecule has 3 aromatic rings. The van der Waals surface area contributed by atoms with E-state index in [0.29, 0.717) is 24.4 Å². The standard InChI is InChI=1S/C20H18N2O3S/c23-19(8-7-16-3-2-12-26-16)21-15-6-5-14-9-10-22(17(14)13-15)20(24)18-4-1-11-25-18/h1-6,11-13H,7-10H2,(H,21,23). The molecule has 6 heteroatoms. The first-order valence-electron chi connectivity index (χ1n) is 8.51. The zero-order valence-corrected chi connectivity index (χ0v) is 14.9. The number of rotatable bonds is 5. The zero-order chi connectivity index (χ0) is 17.9. The van der Waals surface area contributed by atoms with E-state index in [9.17, 15) is 9.59 Å². The van der Waals surface area contributed by atoms with Crippen molar-refractivity contribution < 1.29 is 14.0 Å². The summed E-state index contributed by atoms with van der Waals surface area (Å²) in [6.07, 6.45) is 3.47. The molecule has 0 spiro atoms. The maximum absolute atomic E-state index is 12.6. The Morgan fingerprint density at radius 2 is 2.12 bits per heavy atom. The van der Waals surface area contributed by atoms with Crippen LogP contribution in [-0.4, -0.2) is 18.4 Å². The monoisotopic (exact) mass is 366 g/mol. The van der Waals surface area contributed by atoms with Gasteiger partial charge in [-0.2, -0.15) is 0 Å². The van der Waals surface area contributed by atoms with Gasteiger partial charge in [0, 0.05) is 29.2 Å². The van der Waals surface area contributed by atoms with Gasteiger partial charge in [0.25, 0.3) is 5.91 Å². The molecule has 1 N–H and O–H groups in total. The molecule has 2 aromatic heterocycles. The summed E-state index contributed by atoms with van der Waals surface area (Å²) in [6.45, 7) is 0.616. The van der Waals surface area contributed by atoms with Crippen molar-refractivity contribution in [1.29, 1.82) is 0 Å². The predicted octanol–water partition coefficient (Wildman–Crippen LogP) is 4.12. The fraction of sp³-hybridized carbons (Fsp3) is 0.200. The first-order chi connectivity index (χ1) is 12.7. The molecule has 2 amide bonds. The van der Waals surface area contributed by atoms with Crippen molar-refractivity contribution in [3.05, 3.63) is 70.3 Å². The van der Waals surface area contributed by atoms with Crippen LogP contribution < -0.4 is 10.2 Å². The molecule has 1 aliphatic heterocycles. The summed E-state index contributed by atoms with van der Waals surface area (Å²) in [5.74, 6) is 0.137. The molecule has 0 unspecified atom stereocenters. The minimum atomic E-state index is -0.157. The van der Waals surface area contributed by atoms with E-state index in [0.717, 1.165) is 24.1 Å². The van der Waals surface area contributed by atoms with Crippen LogP contribution >= 0.6 is 11.3 Å². The summed E-state index contributed by atoms with van der Waals surface area (Å²) in [7, 11) is 0. The maximum atomic E-state index is 12.6. The molecular formula is C20H18N2O3S. The van der Waals surface area contributed by atoms with E-state index in [2.05, 4.69) is 5.32 Å². The molecule has 0 aliphatic carbocycles. The highest BCUT2D eigenvalue weighted by Crippen LogP contribution is 2.32. The summed E-state index contributed by atoms with van der Waals surface area (Å²) >= 11 is 1.66. The van der Waals surface area contributed by atoms with Crippen LogP contribution in [0.5, 0.6) is 0 Å². The molecule has 0 radical (unpaired) electrons. The minimum absolute atomic E-state index is 0.0275. The SMILES string of the molecule is O=C(CCc1cccs1)Nc1ccc2c(c1)N(C(=O)c1ccco1)CC2. The average molecular weight is 366 g/mol. The Bertz CT molecular complexity index is 917. The van der Waals surface area contributed by atoms with Gasteiger partial charge in [0.05, 0.1) is 6.26 Å². The van der Waals surface area contributed by atoms with Gasteiger partial charge in [0.15, 0.2) is 5.76 Å². The number of benzene rings is 1. The van der Waals surface area contributed by atoms with E-state index in [-0.39, 0.29) is 11.8 Å². The fourth-order valence-electron chi connectivity index (χ4n) is 3.12. The summed E-state index contributed by atoms with van der Waals surface area (Å²) < 4.78 is 5.22. The van der Waals surface area contributed by atoms with E-state index in [4.69, 9.17) is 4.42 Å². The number of anilines is 2. The fourth-order valence-corrected chi connectivity index (χ4v) is 3.83. The third-order valence-corrected chi connectivity index (χ3v) is 5.36. The molecule has 4 rings (SSSR count). The van der Waals surface area contributed by atoms with Crippen molar-refractivity contribution in [3.63, 3.8) is 0 Å². The molecule has 132 valence electrons. The molecule has 0 saturated carbocycles. The highest BCUT2D eigenvalue weighted by Gasteiger charge is 2.27. The predicted molar refractivity (Wildman–Crippen MR) is 102 cm³/mol. The summed E-state index contributed by atoms with van der Waals surface area (Å²) in [6, 6.07) is 13.1. The van der Waals surface area contributed by atoms with Gasteiger partial charge < -0.3 is 14.6 Å². The molecule has 0 atom stereocenters. The normalized spacial score (nSPS) is 12.8. The topological polar surface area (TPSA) is 62.6 Å². The van der Waals surface area contributed by atoms with Crippen LogP contribution in [0.25, 0.3) is 0 Å². The lowest BCUT2D eigenvalue weighted by Crippen LogP contribution is -2.28. The molecule has 1 aromatic carbocycles. The highest BCUT2D eigenvalue weighted by atomic mass is 32.1. The van der Waals surface area contributed by atoms with E-state index < -0.39 is 0 Å². The molecular weight excluding hydrogens is 348 g/mol. The number of nitrogens with zero attached hydrogens (tertiary/aromatic N) is 1. The number of aryl methyl sites for hydroxylation is 1. The minimum Gasteiger partial charge on any atom is -0.459 e. The van der Waals surface area contributed by atoms with Crippen molar-refractivity contribution in [2.75, 3.05) is 16.8 Å². The Labute approximate surface area is 155 Å². The van der Waals surface area contributed by atoms with Crippen LogP contribution in [0.15, 0.2) is 58.5 Å². The quantitative estimate of drug-likeness (QED) is 0.739. The van der Waals surface area contributed by atoms with Crippen molar-refractivity contribution in [2.45, 2.75) is 19.3 Å². The van der Waals surface area contributed by atoms with Crippen LogP contribution in [0, 0.1) is 0 Å². The summed E-state index contributed by atoms with van der Waals surface area (Å²) in [5, 5.41) is 4.94. The van der Waals surface area contributed by atoms with E-state index in [1.54, 1.807) is 28.4 Å². The van der Waals surface area contributed by atoms with Crippen LogP contribution in [0.3, 0.4) is 0 Å². The number of carbonyl (C=O) groups excluding carboxylic acids is 2. The number of carbonyl (C=O) groups is 2. The van der Waals surface area contributed by atoms with Gasteiger partial charge in [-0.3, -0.25) is 9.59 Å². The largest absolute Gasteiger partial charge is 0.459 e. The van der Waals surface area contributed by atoms with Crippen LogP contribution in [0.2, 0.25) is 0 Å². The lowest BCUT2D eigenvalue weighted by Gasteiger charge is -2.17. The number of nitrogens with one attached hydrogen (secondary N) is 1. The molecule has 26 heavy (non-hydrogen) atoms. The Morgan fingerprint density at radius 3 is 2.88 bits per heavy atom.